The largest absolute Gasteiger partial charge is 0.465 e. The average molecular weight is 442 g/mol. The van der Waals surface area contributed by atoms with Gasteiger partial charge in [-0.05, 0) is 29.8 Å². The van der Waals surface area contributed by atoms with Gasteiger partial charge in [-0.1, -0.05) is 36.4 Å². The first-order chi connectivity index (χ1) is 16.2. The van der Waals surface area contributed by atoms with Gasteiger partial charge in [0.2, 0.25) is 0 Å². The minimum atomic E-state index is -0.613. The molecule has 166 valence electrons. The molecule has 0 bridgehead atoms. The number of rotatable bonds is 8. The van der Waals surface area contributed by atoms with Gasteiger partial charge in [-0.2, -0.15) is 5.10 Å². The van der Waals surface area contributed by atoms with Crippen molar-refractivity contribution < 1.29 is 14.3 Å². The van der Waals surface area contributed by atoms with Gasteiger partial charge in [0, 0.05) is 30.2 Å². The van der Waals surface area contributed by atoms with Crippen LogP contribution in [0, 0.1) is 0 Å². The maximum Gasteiger partial charge on any atom is 0.340 e. The van der Waals surface area contributed by atoms with Crippen molar-refractivity contribution in [2.24, 2.45) is 0 Å². The molecule has 2 aromatic heterocycles. The molecule has 9 nitrogen and oxygen atoms in total. The van der Waals surface area contributed by atoms with Gasteiger partial charge in [0.1, 0.15) is 5.82 Å². The Balaban J connectivity index is 1.51. The number of pyridine rings is 1. The Morgan fingerprint density at radius 2 is 1.76 bits per heavy atom. The molecule has 0 atom stereocenters. The molecule has 1 amide bonds. The third-order valence-corrected chi connectivity index (χ3v) is 4.91. The van der Waals surface area contributed by atoms with Crippen molar-refractivity contribution in [3.8, 4) is 11.4 Å². The van der Waals surface area contributed by atoms with Crippen LogP contribution in [0.5, 0.6) is 0 Å². The Morgan fingerprint density at radius 1 is 0.970 bits per heavy atom. The molecule has 33 heavy (non-hydrogen) atoms. The van der Waals surface area contributed by atoms with E-state index in [-0.39, 0.29) is 23.6 Å². The van der Waals surface area contributed by atoms with Crippen LogP contribution in [0.2, 0.25) is 0 Å². The van der Waals surface area contributed by atoms with Crippen molar-refractivity contribution in [2.75, 3.05) is 12.4 Å². The molecule has 0 unspecified atom stereocenters. The number of esters is 1. The van der Waals surface area contributed by atoms with Crippen LogP contribution in [0.4, 0.5) is 5.69 Å². The topological polar surface area (TPSA) is 122 Å². The molecule has 4 aromatic rings. The third-order valence-electron chi connectivity index (χ3n) is 4.91. The van der Waals surface area contributed by atoms with Crippen molar-refractivity contribution in [3.05, 3.63) is 95.6 Å². The summed E-state index contributed by atoms with van der Waals surface area (Å²) >= 11 is 0. The first-order valence-corrected chi connectivity index (χ1v) is 10.2. The highest BCUT2D eigenvalue weighted by atomic mass is 16.5. The van der Waals surface area contributed by atoms with Gasteiger partial charge in [-0.25, -0.2) is 9.78 Å². The third kappa shape index (κ3) is 5.21. The second kappa shape index (κ2) is 10.2. The van der Waals surface area contributed by atoms with Crippen LogP contribution in [0.3, 0.4) is 0 Å². The van der Waals surface area contributed by atoms with Gasteiger partial charge < -0.3 is 15.4 Å². The number of carbonyl (C=O) groups excluding carboxylic acids is 2. The number of carbonyl (C=O) groups is 2. The van der Waals surface area contributed by atoms with E-state index in [0.29, 0.717) is 23.9 Å². The molecule has 0 spiro atoms. The van der Waals surface area contributed by atoms with Crippen LogP contribution in [-0.2, 0) is 17.8 Å². The highest BCUT2D eigenvalue weighted by Crippen LogP contribution is 2.22. The fourth-order valence-electron chi connectivity index (χ4n) is 3.27. The molecule has 9 heteroatoms. The van der Waals surface area contributed by atoms with Crippen LogP contribution in [0.1, 0.15) is 32.1 Å². The second-order valence-electron chi connectivity index (χ2n) is 7.08. The van der Waals surface area contributed by atoms with Crippen LogP contribution in [0.25, 0.3) is 11.4 Å². The fourth-order valence-corrected chi connectivity index (χ4v) is 3.27. The number of methoxy groups -OCH3 is 1. The molecule has 0 aliphatic heterocycles. The minimum absolute atomic E-state index is 0.152. The highest BCUT2D eigenvalue weighted by molar-refractivity contribution is 6.08. The SMILES string of the molecule is COC(=O)c1c(NCc2nc(-c3ccncc3)n[nH]2)cccc1C(=O)NCc1ccccc1. The number of ether oxygens (including phenoxy) is 1. The maximum absolute atomic E-state index is 12.9. The van der Waals surface area contributed by atoms with Crippen molar-refractivity contribution >= 4 is 17.6 Å². The average Bonchev–Trinajstić information content (AvgIpc) is 3.35. The quantitative estimate of drug-likeness (QED) is 0.358. The predicted molar refractivity (Wildman–Crippen MR) is 122 cm³/mol. The van der Waals surface area contributed by atoms with E-state index in [1.165, 1.54) is 7.11 Å². The Labute approximate surface area is 190 Å². The Kier molecular flexibility index (Phi) is 6.70. The van der Waals surface area contributed by atoms with Crippen LogP contribution in [0.15, 0.2) is 73.1 Å². The summed E-state index contributed by atoms with van der Waals surface area (Å²) in [5.41, 5.74) is 2.61. The van der Waals surface area contributed by atoms with E-state index in [0.717, 1.165) is 11.1 Å². The summed E-state index contributed by atoms with van der Waals surface area (Å²) in [4.78, 5) is 33.9. The van der Waals surface area contributed by atoms with E-state index >= 15 is 0 Å². The molecule has 0 fully saturated rings. The molecule has 3 N–H and O–H groups in total. The first-order valence-electron chi connectivity index (χ1n) is 10.2. The number of nitrogens with one attached hydrogen (secondary N) is 3. The zero-order valence-corrected chi connectivity index (χ0v) is 17.9. The normalized spacial score (nSPS) is 10.5. The number of benzene rings is 2. The van der Waals surface area contributed by atoms with E-state index < -0.39 is 5.97 Å². The molecule has 2 heterocycles. The predicted octanol–water partition coefficient (Wildman–Crippen LogP) is 3.20. The van der Waals surface area contributed by atoms with Crippen LogP contribution >= 0.6 is 0 Å². The van der Waals surface area contributed by atoms with Crippen LogP contribution in [-0.4, -0.2) is 39.2 Å². The summed E-state index contributed by atoms with van der Waals surface area (Å²) in [7, 11) is 1.28. The first kappa shape index (κ1) is 21.7. The lowest BCUT2D eigenvalue weighted by atomic mass is 10.0. The van der Waals surface area contributed by atoms with Gasteiger partial charge in [-0.3, -0.25) is 14.9 Å². The number of H-pyrrole nitrogens is 1. The summed E-state index contributed by atoms with van der Waals surface area (Å²) in [5, 5.41) is 13.1. The number of aromatic amines is 1. The van der Waals surface area contributed by atoms with E-state index in [4.69, 9.17) is 4.74 Å². The number of hydrogen-bond donors (Lipinski definition) is 3. The van der Waals surface area contributed by atoms with E-state index in [9.17, 15) is 9.59 Å². The van der Waals surface area contributed by atoms with Gasteiger partial charge in [0.05, 0.1) is 24.8 Å². The number of hydrogen-bond acceptors (Lipinski definition) is 7. The summed E-state index contributed by atoms with van der Waals surface area (Å²) in [6.07, 6.45) is 3.33. The molecule has 2 aromatic carbocycles. The van der Waals surface area contributed by atoms with Crippen molar-refractivity contribution in [2.45, 2.75) is 13.1 Å². The molecule has 0 aliphatic carbocycles. The molecular formula is C24H22N6O3. The van der Waals surface area contributed by atoms with Gasteiger partial charge >= 0.3 is 5.97 Å². The summed E-state index contributed by atoms with van der Waals surface area (Å²) in [6.45, 7) is 0.602. The Morgan fingerprint density at radius 3 is 2.52 bits per heavy atom. The fraction of sp³-hybridized carbons (Fsp3) is 0.125. The second-order valence-corrected chi connectivity index (χ2v) is 7.08. The molecule has 0 saturated heterocycles. The van der Waals surface area contributed by atoms with Crippen molar-refractivity contribution in [1.29, 1.82) is 0 Å². The minimum Gasteiger partial charge on any atom is -0.465 e. The molecule has 0 aliphatic rings. The number of aromatic nitrogens is 4. The van der Waals surface area contributed by atoms with Crippen LogP contribution < -0.4 is 10.6 Å². The zero-order valence-electron chi connectivity index (χ0n) is 17.9. The summed E-state index contributed by atoms with van der Waals surface area (Å²) in [6, 6.07) is 18.2. The lowest BCUT2D eigenvalue weighted by Crippen LogP contribution is -2.26. The number of anilines is 1. The summed E-state index contributed by atoms with van der Waals surface area (Å²) < 4.78 is 4.94. The number of nitrogens with zero attached hydrogens (tertiary/aromatic N) is 3. The lowest BCUT2D eigenvalue weighted by Gasteiger charge is -2.14. The maximum atomic E-state index is 12.9. The molecule has 0 saturated carbocycles. The summed E-state index contributed by atoms with van der Waals surface area (Å²) in [5.74, 6) is 0.119. The van der Waals surface area contributed by atoms with Crippen molar-refractivity contribution in [1.82, 2.24) is 25.5 Å². The highest BCUT2D eigenvalue weighted by Gasteiger charge is 2.22. The van der Waals surface area contributed by atoms with Gasteiger partial charge in [0.25, 0.3) is 5.91 Å². The van der Waals surface area contributed by atoms with E-state index in [2.05, 4.69) is 30.8 Å². The smallest absolute Gasteiger partial charge is 0.340 e. The molecular weight excluding hydrogens is 420 g/mol. The van der Waals surface area contributed by atoms with E-state index in [1.54, 1.807) is 30.6 Å². The zero-order chi connectivity index (χ0) is 23.0. The Hall–Kier alpha value is -4.53. The molecule has 0 radical (unpaired) electrons. The van der Waals surface area contributed by atoms with Gasteiger partial charge in [0.15, 0.2) is 5.82 Å². The Bertz CT molecular complexity index is 1240. The van der Waals surface area contributed by atoms with Gasteiger partial charge in [-0.15, -0.1) is 0 Å². The number of amides is 1. The standard InChI is InChI=1S/C24H22N6O3/c1-33-24(32)21-18(23(31)27-14-16-6-3-2-4-7-16)8-5-9-19(21)26-15-20-28-22(30-29-20)17-10-12-25-13-11-17/h2-13,26H,14-15H2,1H3,(H,27,31)(H,28,29,30). The molecule has 4 rings (SSSR count). The van der Waals surface area contributed by atoms with E-state index in [1.807, 2.05) is 42.5 Å². The van der Waals surface area contributed by atoms with Crippen molar-refractivity contribution in [3.63, 3.8) is 0 Å². The lowest BCUT2D eigenvalue weighted by molar-refractivity contribution is 0.0597. The monoisotopic (exact) mass is 442 g/mol.